The summed E-state index contributed by atoms with van der Waals surface area (Å²) in [7, 11) is 0. The van der Waals surface area contributed by atoms with Gasteiger partial charge in [0.25, 0.3) is 0 Å². The van der Waals surface area contributed by atoms with E-state index in [0.29, 0.717) is 6.61 Å². The van der Waals surface area contributed by atoms with E-state index in [-0.39, 0.29) is 10.8 Å². The maximum Gasteiger partial charge on any atom is 0.183 e. The fraction of sp³-hybridized carbons (Fsp3) is 0.100. The van der Waals surface area contributed by atoms with Gasteiger partial charge in [0, 0.05) is 0 Å². The Morgan fingerprint density at radius 2 is 1.48 bits per heavy atom. The zero-order chi connectivity index (χ0) is 16.2. The number of aryl methyl sites for hydroxylation is 1. The molecule has 3 rings (SSSR count). The normalized spacial score (nSPS) is 10.6. The molecule has 0 aliphatic rings. The average Bonchev–Trinajstić information content (AvgIpc) is 2.57. The molecule has 0 atom stereocenters. The van der Waals surface area contributed by atoms with Crippen molar-refractivity contribution >= 4 is 11.6 Å². The molecule has 0 aliphatic heterocycles. The molecule has 0 spiro atoms. The fourth-order valence-corrected chi connectivity index (χ4v) is 2.46. The molecule has 0 N–H and O–H groups in total. The molecular formula is C20H16ClFO. The molecular weight excluding hydrogens is 311 g/mol. The SMILES string of the molecule is Cc1ccc(-c2ccc(COc3cccc(Cl)c3F)cc2)cc1. The third-order valence-corrected chi connectivity index (χ3v) is 3.94. The van der Waals surface area contributed by atoms with Gasteiger partial charge in [-0.25, -0.2) is 4.39 Å². The monoisotopic (exact) mass is 326 g/mol. The first-order valence-corrected chi connectivity index (χ1v) is 7.74. The standard InChI is InChI=1S/C20H16ClFO/c1-14-5-9-16(10-6-14)17-11-7-15(8-12-17)13-23-19-4-2-3-18(21)20(19)22/h2-12H,13H2,1H3. The van der Waals surface area contributed by atoms with Crippen LogP contribution >= 0.6 is 11.6 Å². The Labute approximate surface area is 140 Å². The van der Waals surface area contributed by atoms with Crippen molar-refractivity contribution < 1.29 is 9.13 Å². The lowest BCUT2D eigenvalue weighted by Gasteiger charge is -2.09. The van der Waals surface area contributed by atoms with E-state index in [0.717, 1.165) is 11.1 Å². The number of benzene rings is 3. The zero-order valence-corrected chi connectivity index (χ0v) is 13.5. The molecule has 23 heavy (non-hydrogen) atoms. The Balaban J connectivity index is 1.70. The van der Waals surface area contributed by atoms with Crippen LogP contribution in [0.5, 0.6) is 5.75 Å². The Hall–Kier alpha value is -2.32. The summed E-state index contributed by atoms with van der Waals surface area (Å²) in [5.74, 6) is -0.356. The Morgan fingerprint density at radius 1 is 0.870 bits per heavy atom. The van der Waals surface area contributed by atoms with Crippen molar-refractivity contribution in [2.45, 2.75) is 13.5 Å². The van der Waals surface area contributed by atoms with E-state index in [4.69, 9.17) is 16.3 Å². The summed E-state index contributed by atoms with van der Waals surface area (Å²) < 4.78 is 19.3. The van der Waals surface area contributed by atoms with Gasteiger partial charge in [-0.3, -0.25) is 0 Å². The maximum absolute atomic E-state index is 13.8. The lowest BCUT2D eigenvalue weighted by Crippen LogP contribution is -1.97. The van der Waals surface area contributed by atoms with Gasteiger partial charge < -0.3 is 4.74 Å². The summed E-state index contributed by atoms with van der Waals surface area (Å²) >= 11 is 5.74. The second-order valence-electron chi connectivity index (χ2n) is 5.40. The van der Waals surface area contributed by atoms with Crippen LogP contribution < -0.4 is 4.74 Å². The summed E-state index contributed by atoms with van der Waals surface area (Å²) in [5.41, 5.74) is 4.52. The van der Waals surface area contributed by atoms with E-state index in [9.17, 15) is 4.39 Å². The van der Waals surface area contributed by atoms with Crippen LogP contribution in [0.3, 0.4) is 0 Å². The van der Waals surface area contributed by atoms with Crippen LogP contribution in [0, 0.1) is 12.7 Å². The number of rotatable bonds is 4. The molecule has 0 aromatic heterocycles. The van der Waals surface area contributed by atoms with Crippen molar-refractivity contribution in [1.82, 2.24) is 0 Å². The van der Waals surface area contributed by atoms with E-state index >= 15 is 0 Å². The van der Waals surface area contributed by atoms with Gasteiger partial charge in [-0.15, -0.1) is 0 Å². The Kier molecular flexibility index (Phi) is 4.63. The topological polar surface area (TPSA) is 9.23 Å². The highest BCUT2D eigenvalue weighted by molar-refractivity contribution is 6.30. The first-order valence-electron chi connectivity index (χ1n) is 7.36. The highest BCUT2D eigenvalue weighted by atomic mass is 35.5. The number of hydrogen-bond acceptors (Lipinski definition) is 1. The second kappa shape index (κ2) is 6.84. The van der Waals surface area contributed by atoms with Crippen LogP contribution in [0.2, 0.25) is 5.02 Å². The summed E-state index contributed by atoms with van der Waals surface area (Å²) in [5, 5.41) is 0.0669. The van der Waals surface area contributed by atoms with Crippen molar-refractivity contribution in [3.05, 3.63) is 88.7 Å². The zero-order valence-electron chi connectivity index (χ0n) is 12.7. The van der Waals surface area contributed by atoms with Gasteiger partial charge in [-0.1, -0.05) is 71.8 Å². The largest absolute Gasteiger partial charge is 0.486 e. The van der Waals surface area contributed by atoms with Crippen molar-refractivity contribution in [3.8, 4) is 16.9 Å². The van der Waals surface area contributed by atoms with Crippen LogP contribution in [0.25, 0.3) is 11.1 Å². The molecule has 3 heteroatoms. The van der Waals surface area contributed by atoms with Crippen molar-refractivity contribution in [2.75, 3.05) is 0 Å². The third kappa shape index (κ3) is 3.72. The van der Waals surface area contributed by atoms with Crippen molar-refractivity contribution in [2.24, 2.45) is 0 Å². The Bertz CT molecular complexity index is 795. The summed E-state index contributed by atoms with van der Waals surface area (Å²) in [6, 6.07) is 21.2. The quantitative estimate of drug-likeness (QED) is 0.568. The van der Waals surface area contributed by atoms with E-state index in [1.807, 2.05) is 24.3 Å². The van der Waals surface area contributed by atoms with Crippen LogP contribution in [-0.4, -0.2) is 0 Å². The predicted octanol–water partition coefficient (Wildman–Crippen LogP) is 6.03. The van der Waals surface area contributed by atoms with Gasteiger partial charge in [0.05, 0.1) is 5.02 Å². The number of halogens is 2. The molecule has 0 amide bonds. The minimum atomic E-state index is -0.523. The highest BCUT2D eigenvalue weighted by Crippen LogP contribution is 2.25. The van der Waals surface area contributed by atoms with Gasteiger partial charge in [0.15, 0.2) is 11.6 Å². The molecule has 116 valence electrons. The second-order valence-corrected chi connectivity index (χ2v) is 5.81. The molecule has 0 bridgehead atoms. The first kappa shape index (κ1) is 15.6. The lowest BCUT2D eigenvalue weighted by atomic mass is 10.0. The molecule has 1 nitrogen and oxygen atoms in total. The van der Waals surface area contributed by atoms with Gasteiger partial charge in [-0.2, -0.15) is 0 Å². The molecule has 0 unspecified atom stereocenters. The van der Waals surface area contributed by atoms with E-state index in [2.05, 4.69) is 31.2 Å². The summed E-state index contributed by atoms with van der Waals surface area (Å²) in [6.45, 7) is 2.37. The molecule has 3 aromatic carbocycles. The van der Waals surface area contributed by atoms with Crippen LogP contribution in [0.15, 0.2) is 66.7 Å². The van der Waals surface area contributed by atoms with Gasteiger partial charge in [0.1, 0.15) is 6.61 Å². The van der Waals surface area contributed by atoms with Gasteiger partial charge >= 0.3 is 0 Å². The number of hydrogen-bond donors (Lipinski definition) is 0. The summed E-state index contributed by atoms with van der Waals surface area (Å²) in [6.07, 6.45) is 0. The van der Waals surface area contributed by atoms with Crippen molar-refractivity contribution in [1.29, 1.82) is 0 Å². The number of ether oxygens (including phenoxy) is 1. The van der Waals surface area contributed by atoms with E-state index < -0.39 is 5.82 Å². The molecule has 0 radical (unpaired) electrons. The third-order valence-electron chi connectivity index (χ3n) is 3.65. The summed E-state index contributed by atoms with van der Waals surface area (Å²) in [4.78, 5) is 0. The van der Waals surface area contributed by atoms with Gasteiger partial charge in [-0.05, 0) is 35.7 Å². The average molecular weight is 327 g/mol. The molecule has 0 saturated carbocycles. The molecule has 0 saturated heterocycles. The van der Waals surface area contributed by atoms with Gasteiger partial charge in [0.2, 0.25) is 0 Å². The first-order chi connectivity index (χ1) is 11.1. The van der Waals surface area contributed by atoms with E-state index in [1.54, 1.807) is 12.1 Å². The fourth-order valence-electron chi connectivity index (χ4n) is 2.30. The molecule has 0 aliphatic carbocycles. The minimum absolute atomic E-state index is 0.0669. The molecule has 3 aromatic rings. The predicted molar refractivity (Wildman–Crippen MR) is 92.4 cm³/mol. The smallest absolute Gasteiger partial charge is 0.183 e. The minimum Gasteiger partial charge on any atom is -0.486 e. The molecule has 0 fully saturated rings. The van der Waals surface area contributed by atoms with Crippen LogP contribution in [0.4, 0.5) is 4.39 Å². The highest BCUT2D eigenvalue weighted by Gasteiger charge is 2.07. The van der Waals surface area contributed by atoms with Crippen LogP contribution in [0.1, 0.15) is 11.1 Å². The van der Waals surface area contributed by atoms with Crippen molar-refractivity contribution in [3.63, 3.8) is 0 Å². The molecule has 0 heterocycles. The van der Waals surface area contributed by atoms with E-state index in [1.165, 1.54) is 17.2 Å². The lowest BCUT2D eigenvalue weighted by molar-refractivity contribution is 0.290. The maximum atomic E-state index is 13.8. The van der Waals surface area contributed by atoms with Crippen LogP contribution in [-0.2, 0) is 6.61 Å². The Morgan fingerprint density at radius 3 is 2.13 bits per heavy atom.